The second kappa shape index (κ2) is 7.32. The molecule has 1 aromatic carbocycles. The molecule has 1 aliphatic rings. The molecule has 0 saturated heterocycles. The van der Waals surface area contributed by atoms with Crippen LogP contribution >= 0.6 is 11.6 Å². The first kappa shape index (κ1) is 16.9. The van der Waals surface area contributed by atoms with E-state index in [1.807, 2.05) is 36.1 Å². The molecule has 24 heavy (non-hydrogen) atoms. The second-order valence-corrected chi connectivity index (χ2v) is 6.42. The largest absolute Gasteiger partial charge is 0.362 e. The normalized spacial score (nSPS) is 15.3. The lowest BCUT2D eigenvalue weighted by Crippen LogP contribution is -2.38. The standard InChI is InChI=1S/C17H20ClN3O3/c1-11(13-3-5-14(18)6-4-13)21(15-7-8-15)17(22)10-23-9-16-19-12(2)20-24-16/h3-6,11,15H,7-10H2,1-2H3/t11-/m0/s1. The number of amides is 1. The van der Waals surface area contributed by atoms with E-state index in [2.05, 4.69) is 10.1 Å². The molecule has 7 heteroatoms. The predicted molar refractivity (Wildman–Crippen MR) is 88.4 cm³/mol. The molecule has 0 radical (unpaired) electrons. The number of nitrogens with zero attached hydrogens (tertiary/aromatic N) is 3. The van der Waals surface area contributed by atoms with E-state index in [4.69, 9.17) is 20.9 Å². The van der Waals surface area contributed by atoms with E-state index in [0.717, 1.165) is 18.4 Å². The van der Waals surface area contributed by atoms with Gasteiger partial charge in [-0.2, -0.15) is 4.98 Å². The highest BCUT2D eigenvalue weighted by molar-refractivity contribution is 6.30. The molecule has 128 valence electrons. The Morgan fingerprint density at radius 2 is 2.12 bits per heavy atom. The van der Waals surface area contributed by atoms with Crippen LogP contribution in [0.3, 0.4) is 0 Å². The number of hydrogen-bond donors (Lipinski definition) is 0. The summed E-state index contributed by atoms with van der Waals surface area (Å²) in [5, 5.41) is 4.38. The van der Waals surface area contributed by atoms with Crippen LogP contribution in [-0.4, -0.2) is 33.6 Å². The van der Waals surface area contributed by atoms with Crippen LogP contribution in [0.1, 0.15) is 43.1 Å². The van der Waals surface area contributed by atoms with Gasteiger partial charge in [-0.1, -0.05) is 28.9 Å². The van der Waals surface area contributed by atoms with Gasteiger partial charge in [0.05, 0.1) is 6.04 Å². The Morgan fingerprint density at radius 1 is 1.42 bits per heavy atom. The maximum absolute atomic E-state index is 12.6. The number of hydrogen-bond acceptors (Lipinski definition) is 5. The lowest BCUT2D eigenvalue weighted by molar-refractivity contribution is -0.139. The Balaban J connectivity index is 1.60. The van der Waals surface area contributed by atoms with Gasteiger partial charge in [0, 0.05) is 11.1 Å². The number of ether oxygens (including phenoxy) is 1. The van der Waals surface area contributed by atoms with Crippen LogP contribution in [0.4, 0.5) is 0 Å². The molecule has 1 aromatic heterocycles. The molecule has 1 atom stereocenters. The minimum absolute atomic E-state index is 0.00411. The van der Waals surface area contributed by atoms with Crippen molar-refractivity contribution in [1.82, 2.24) is 15.0 Å². The Morgan fingerprint density at radius 3 is 2.71 bits per heavy atom. The van der Waals surface area contributed by atoms with Crippen LogP contribution in [0.5, 0.6) is 0 Å². The summed E-state index contributed by atoms with van der Waals surface area (Å²) in [6.45, 7) is 3.90. The van der Waals surface area contributed by atoms with Crippen LogP contribution < -0.4 is 0 Å². The van der Waals surface area contributed by atoms with Crippen molar-refractivity contribution >= 4 is 17.5 Å². The van der Waals surface area contributed by atoms with Crippen LogP contribution in [0.15, 0.2) is 28.8 Å². The summed E-state index contributed by atoms with van der Waals surface area (Å²) in [6.07, 6.45) is 2.07. The fourth-order valence-electron chi connectivity index (χ4n) is 2.69. The van der Waals surface area contributed by atoms with Gasteiger partial charge in [0.1, 0.15) is 13.2 Å². The molecular weight excluding hydrogens is 330 g/mol. The Kier molecular flexibility index (Phi) is 5.16. The number of carbonyl (C=O) groups excluding carboxylic acids is 1. The maximum Gasteiger partial charge on any atom is 0.252 e. The van der Waals surface area contributed by atoms with Crippen LogP contribution in [0, 0.1) is 6.92 Å². The quantitative estimate of drug-likeness (QED) is 0.767. The molecule has 1 aliphatic carbocycles. The summed E-state index contributed by atoms with van der Waals surface area (Å²) in [5.41, 5.74) is 1.06. The Bertz CT molecular complexity index is 697. The van der Waals surface area contributed by atoms with E-state index in [9.17, 15) is 4.79 Å². The van der Waals surface area contributed by atoms with Gasteiger partial charge in [-0.05, 0) is 44.4 Å². The molecule has 1 amide bonds. The first-order valence-corrected chi connectivity index (χ1v) is 8.36. The first-order valence-electron chi connectivity index (χ1n) is 7.98. The van der Waals surface area contributed by atoms with Crippen molar-refractivity contribution in [2.75, 3.05) is 6.61 Å². The van der Waals surface area contributed by atoms with Gasteiger partial charge >= 0.3 is 0 Å². The third-order valence-corrected chi connectivity index (χ3v) is 4.27. The average molecular weight is 350 g/mol. The number of aromatic nitrogens is 2. The third kappa shape index (κ3) is 4.13. The van der Waals surface area contributed by atoms with Crippen molar-refractivity contribution in [3.63, 3.8) is 0 Å². The number of benzene rings is 1. The molecule has 0 bridgehead atoms. The second-order valence-electron chi connectivity index (χ2n) is 5.99. The monoisotopic (exact) mass is 349 g/mol. The van der Waals surface area contributed by atoms with Crippen molar-refractivity contribution < 1.29 is 14.1 Å². The fourth-order valence-corrected chi connectivity index (χ4v) is 2.82. The zero-order valence-corrected chi connectivity index (χ0v) is 14.5. The van der Waals surface area contributed by atoms with Crippen LogP contribution in [0.25, 0.3) is 0 Å². The Labute approximate surface area is 145 Å². The number of aryl methyl sites for hydroxylation is 1. The summed E-state index contributed by atoms with van der Waals surface area (Å²) in [6, 6.07) is 7.87. The number of rotatable bonds is 7. The molecule has 0 aliphatic heterocycles. The van der Waals surface area contributed by atoms with E-state index < -0.39 is 0 Å². The molecular formula is C17H20ClN3O3. The van der Waals surface area contributed by atoms with E-state index >= 15 is 0 Å². The minimum Gasteiger partial charge on any atom is -0.362 e. The van der Waals surface area contributed by atoms with Crippen molar-refractivity contribution in [2.45, 2.75) is 45.4 Å². The van der Waals surface area contributed by atoms with Gasteiger partial charge in [0.25, 0.3) is 5.89 Å². The summed E-state index contributed by atoms with van der Waals surface area (Å²) in [7, 11) is 0. The van der Waals surface area contributed by atoms with Gasteiger partial charge in [-0.3, -0.25) is 4.79 Å². The zero-order valence-electron chi connectivity index (χ0n) is 13.7. The molecule has 2 aromatic rings. The zero-order chi connectivity index (χ0) is 17.1. The van der Waals surface area contributed by atoms with Crippen molar-refractivity contribution in [3.05, 3.63) is 46.6 Å². The van der Waals surface area contributed by atoms with Gasteiger partial charge in [-0.15, -0.1) is 0 Å². The molecule has 0 unspecified atom stereocenters. The molecule has 0 N–H and O–H groups in total. The fraction of sp³-hybridized carbons (Fsp3) is 0.471. The Hall–Kier alpha value is -1.92. The number of carbonyl (C=O) groups is 1. The SMILES string of the molecule is Cc1noc(COCC(=O)N(C2CC2)[C@@H](C)c2ccc(Cl)cc2)n1. The molecule has 3 rings (SSSR count). The highest BCUT2D eigenvalue weighted by Gasteiger charge is 2.36. The molecule has 6 nitrogen and oxygen atoms in total. The van der Waals surface area contributed by atoms with Crippen molar-refractivity contribution in [3.8, 4) is 0 Å². The summed E-state index contributed by atoms with van der Waals surface area (Å²) >= 11 is 5.94. The van der Waals surface area contributed by atoms with Crippen molar-refractivity contribution in [1.29, 1.82) is 0 Å². The molecule has 0 spiro atoms. The molecule has 1 fully saturated rings. The lowest BCUT2D eigenvalue weighted by atomic mass is 10.1. The summed E-state index contributed by atoms with van der Waals surface area (Å²) < 4.78 is 10.4. The average Bonchev–Trinajstić information content (AvgIpc) is 3.30. The molecule has 1 saturated carbocycles. The lowest BCUT2D eigenvalue weighted by Gasteiger charge is -2.29. The third-order valence-electron chi connectivity index (χ3n) is 4.02. The maximum atomic E-state index is 12.6. The first-order chi connectivity index (χ1) is 11.5. The smallest absolute Gasteiger partial charge is 0.252 e. The predicted octanol–water partition coefficient (Wildman–Crippen LogP) is 3.30. The van der Waals surface area contributed by atoms with Gasteiger partial charge in [-0.25, -0.2) is 0 Å². The van der Waals surface area contributed by atoms with E-state index in [1.54, 1.807) is 6.92 Å². The van der Waals surface area contributed by atoms with Gasteiger partial charge in [0.15, 0.2) is 5.82 Å². The van der Waals surface area contributed by atoms with E-state index in [1.165, 1.54) is 0 Å². The highest BCUT2D eigenvalue weighted by atomic mass is 35.5. The van der Waals surface area contributed by atoms with E-state index in [-0.39, 0.29) is 31.2 Å². The topological polar surface area (TPSA) is 68.5 Å². The summed E-state index contributed by atoms with van der Waals surface area (Å²) in [4.78, 5) is 18.6. The van der Waals surface area contributed by atoms with E-state index in [0.29, 0.717) is 16.7 Å². The van der Waals surface area contributed by atoms with Crippen LogP contribution in [-0.2, 0) is 16.1 Å². The summed E-state index contributed by atoms with van der Waals surface area (Å²) in [5.74, 6) is 0.899. The van der Waals surface area contributed by atoms with Crippen molar-refractivity contribution in [2.24, 2.45) is 0 Å². The minimum atomic E-state index is -0.0313. The number of halogens is 1. The highest BCUT2D eigenvalue weighted by Crippen LogP contribution is 2.34. The van der Waals surface area contributed by atoms with Gasteiger partial charge < -0.3 is 14.2 Å². The molecule has 1 heterocycles. The van der Waals surface area contributed by atoms with Gasteiger partial charge in [0.2, 0.25) is 5.91 Å². The van der Waals surface area contributed by atoms with Crippen LogP contribution in [0.2, 0.25) is 5.02 Å².